The highest BCUT2D eigenvalue weighted by atomic mass is 32.2. The first-order valence-electron chi connectivity index (χ1n) is 11.3. The van der Waals surface area contributed by atoms with Gasteiger partial charge in [0.1, 0.15) is 33.0 Å². The third kappa shape index (κ3) is 3.43. The minimum absolute atomic E-state index is 0.594. The number of anilines is 1. The van der Waals surface area contributed by atoms with Crippen LogP contribution in [0.15, 0.2) is 46.3 Å². The van der Waals surface area contributed by atoms with E-state index in [2.05, 4.69) is 53.7 Å². The number of hydrogen-bond donors (Lipinski definition) is 0. The highest BCUT2D eigenvalue weighted by Gasteiger charge is 2.30. The number of ether oxygens (including phenoxy) is 4. The lowest BCUT2D eigenvalue weighted by Crippen LogP contribution is -2.33. The molecule has 0 unspecified atom stereocenters. The Morgan fingerprint density at radius 1 is 0.939 bits per heavy atom. The minimum atomic E-state index is 0.594. The van der Waals surface area contributed by atoms with Crippen molar-refractivity contribution in [1.29, 1.82) is 0 Å². The van der Waals surface area contributed by atoms with Gasteiger partial charge >= 0.3 is 0 Å². The van der Waals surface area contributed by atoms with Gasteiger partial charge in [0.2, 0.25) is 5.52 Å². The van der Waals surface area contributed by atoms with Crippen LogP contribution in [0.25, 0.3) is 16.3 Å². The average molecular weight is 482 g/mol. The average Bonchev–Trinajstić information content (AvgIpc) is 3.41. The van der Waals surface area contributed by atoms with Crippen molar-refractivity contribution >= 4 is 45.1 Å². The van der Waals surface area contributed by atoms with E-state index < -0.39 is 0 Å². The summed E-state index contributed by atoms with van der Waals surface area (Å²) in [6.45, 7) is 8.52. The molecule has 0 N–H and O–H groups in total. The van der Waals surface area contributed by atoms with Crippen molar-refractivity contribution in [3.05, 3.63) is 46.5 Å². The van der Waals surface area contributed by atoms with E-state index in [1.807, 2.05) is 12.1 Å². The van der Waals surface area contributed by atoms with Gasteiger partial charge in [0.15, 0.2) is 27.7 Å². The smallest absolute Gasteiger partial charge is 0.262 e. The summed E-state index contributed by atoms with van der Waals surface area (Å²) in [6.07, 6.45) is 6.51. The molecular formula is C25H25N2O4S2+. The van der Waals surface area contributed by atoms with Crippen LogP contribution in [0.4, 0.5) is 5.69 Å². The van der Waals surface area contributed by atoms with Gasteiger partial charge in [-0.25, -0.2) is 0 Å². The van der Waals surface area contributed by atoms with Crippen LogP contribution in [-0.4, -0.2) is 33.0 Å². The molecule has 0 saturated carbocycles. The number of benzene rings is 2. The molecule has 0 aliphatic carbocycles. The summed E-state index contributed by atoms with van der Waals surface area (Å²) in [5, 5.41) is 2.37. The van der Waals surface area contributed by atoms with E-state index in [0.717, 1.165) is 45.7 Å². The molecule has 0 spiro atoms. The zero-order valence-electron chi connectivity index (χ0n) is 18.6. The van der Waals surface area contributed by atoms with Gasteiger partial charge in [-0.05, 0) is 38.1 Å². The fourth-order valence-electron chi connectivity index (χ4n) is 4.45. The van der Waals surface area contributed by atoms with E-state index in [1.165, 1.54) is 21.2 Å². The van der Waals surface area contributed by atoms with E-state index in [-0.39, 0.29) is 0 Å². The maximum Gasteiger partial charge on any atom is 0.262 e. The Labute approximate surface area is 201 Å². The van der Waals surface area contributed by atoms with Gasteiger partial charge in [0.05, 0.1) is 15.6 Å². The Morgan fingerprint density at radius 2 is 1.67 bits per heavy atom. The van der Waals surface area contributed by atoms with Crippen molar-refractivity contribution in [2.24, 2.45) is 0 Å². The molecule has 33 heavy (non-hydrogen) atoms. The van der Waals surface area contributed by atoms with Gasteiger partial charge < -0.3 is 23.8 Å². The molecular weight excluding hydrogens is 456 g/mol. The van der Waals surface area contributed by atoms with E-state index in [0.29, 0.717) is 26.4 Å². The van der Waals surface area contributed by atoms with Crippen LogP contribution in [0, 0.1) is 0 Å². The summed E-state index contributed by atoms with van der Waals surface area (Å²) < 4.78 is 26.9. The summed E-state index contributed by atoms with van der Waals surface area (Å²) in [5.41, 5.74) is 2.36. The first-order chi connectivity index (χ1) is 16.3. The van der Waals surface area contributed by atoms with Crippen molar-refractivity contribution < 1.29 is 23.5 Å². The summed E-state index contributed by atoms with van der Waals surface area (Å²) in [4.78, 5) is 3.46. The third-order valence-electron chi connectivity index (χ3n) is 5.92. The summed E-state index contributed by atoms with van der Waals surface area (Å²) in [5.74, 6) is 3.41. The second kappa shape index (κ2) is 8.50. The Hall–Kier alpha value is -2.84. The van der Waals surface area contributed by atoms with Crippen LogP contribution in [0.2, 0.25) is 0 Å². The van der Waals surface area contributed by atoms with Crippen molar-refractivity contribution in [2.75, 3.05) is 37.9 Å². The van der Waals surface area contributed by atoms with Crippen molar-refractivity contribution in [2.45, 2.75) is 25.3 Å². The zero-order valence-corrected chi connectivity index (χ0v) is 20.3. The number of aromatic nitrogens is 1. The molecule has 0 fully saturated rings. The molecule has 6 rings (SSSR count). The van der Waals surface area contributed by atoms with E-state index in [9.17, 15) is 0 Å². The van der Waals surface area contributed by atoms with Crippen LogP contribution in [0.5, 0.6) is 23.0 Å². The number of aryl methyl sites for hydroxylation is 1. The first-order valence-corrected chi connectivity index (χ1v) is 12.9. The van der Waals surface area contributed by atoms with Gasteiger partial charge in [0.25, 0.3) is 5.01 Å². The monoisotopic (exact) mass is 481 g/mol. The Kier molecular flexibility index (Phi) is 5.34. The normalized spacial score (nSPS) is 17.9. The molecule has 0 saturated heterocycles. The molecule has 3 aromatic rings. The van der Waals surface area contributed by atoms with Gasteiger partial charge in [-0.2, -0.15) is 4.57 Å². The highest BCUT2D eigenvalue weighted by molar-refractivity contribution is 8.03. The predicted octanol–water partition coefficient (Wildman–Crippen LogP) is 5.24. The fourth-order valence-corrected chi connectivity index (χ4v) is 6.91. The summed E-state index contributed by atoms with van der Waals surface area (Å²) in [6, 6.07) is 8.30. The Morgan fingerprint density at radius 3 is 2.45 bits per heavy atom. The third-order valence-corrected chi connectivity index (χ3v) is 8.25. The summed E-state index contributed by atoms with van der Waals surface area (Å²) in [7, 11) is 0. The molecule has 6 nitrogen and oxygen atoms in total. The lowest BCUT2D eigenvalue weighted by Gasteiger charge is -2.21. The van der Waals surface area contributed by atoms with Crippen molar-refractivity contribution in [3.8, 4) is 23.0 Å². The molecule has 0 radical (unpaired) electrons. The standard InChI is InChI=1S/C25H25N2O4S2/c1-3-26-16-8-10-18-22(30-14-12-28-18)24(16)32-20(26)6-5-7-21-27(4-2)17-9-11-19-23(25(17)33-21)31-15-13-29-19/h5-11H,3-4,12-15H2,1-2H3/q+1. The highest BCUT2D eigenvalue weighted by Crippen LogP contribution is 2.54. The SMILES string of the molecule is CCN1C(=CC=Cc2sc3c4c(ccc3[n+]2CC)OCCO4)Sc2c1ccc1c2OCCO1. The van der Waals surface area contributed by atoms with Crippen molar-refractivity contribution in [3.63, 3.8) is 0 Å². The maximum atomic E-state index is 5.95. The van der Waals surface area contributed by atoms with E-state index in [4.69, 9.17) is 18.9 Å². The van der Waals surface area contributed by atoms with Crippen molar-refractivity contribution in [1.82, 2.24) is 0 Å². The van der Waals surface area contributed by atoms with Crippen LogP contribution in [-0.2, 0) is 6.54 Å². The molecule has 3 aliphatic heterocycles. The quantitative estimate of drug-likeness (QED) is 0.475. The molecule has 8 heteroatoms. The second-order valence-corrected chi connectivity index (χ2v) is 9.83. The molecule has 2 aromatic carbocycles. The number of hydrogen-bond acceptors (Lipinski definition) is 7. The lowest BCUT2D eigenvalue weighted by atomic mass is 10.2. The van der Waals surface area contributed by atoms with Crippen LogP contribution < -0.4 is 28.4 Å². The topological polar surface area (TPSA) is 44.0 Å². The Bertz CT molecular complexity index is 1300. The minimum Gasteiger partial charge on any atom is -0.486 e. The number of fused-ring (bicyclic) bond motifs is 6. The Balaban J connectivity index is 1.34. The van der Waals surface area contributed by atoms with Gasteiger partial charge in [-0.15, -0.1) is 0 Å². The fraction of sp³-hybridized carbons (Fsp3) is 0.320. The summed E-state index contributed by atoms with van der Waals surface area (Å²) >= 11 is 3.49. The van der Waals surface area contributed by atoms with E-state index >= 15 is 0 Å². The molecule has 0 amide bonds. The van der Waals surface area contributed by atoms with Crippen LogP contribution >= 0.6 is 23.1 Å². The van der Waals surface area contributed by atoms with E-state index in [1.54, 1.807) is 23.1 Å². The molecule has 0 bridgehead atoms. The first kappa shape index (κ1) is 20.7. The molecule has 1 aromatic heterocycles. The van der Waals surface area contributed by atoms with Crippen LogP contribution in [0.3, 0.4) is 0 Å². The number of thioether (sulfide) groups is 1. The molecule has 4 heterocycles. The number of nitrogens with zero attached hydrogens (tertiary/aromatic N) is 2. The molecule has 170 valence electrons. The maximum absolute atomic E-state index is 5.95. The van der Waals surface area contributed by atoms with Gasteiger partial charge in [-0.3, -0.25) is 0 Å². The van der Waals surface area contributed by atoms with Gasteiger partial charge in [0, 0.05) is 18.7 Å². The number of thiazole rings is 1. The lowest BCUT2D eigenvalue weighted by molar-refractivity contribution is -0.665. The molecule has 0 atom stereocenters. The zero-order chi connectivity index (χ0) is 22.4. The predicted molar refractivity (Wildman–Crippen MR) is 132 cm³/mol. The molecule has 3 aliphatic rings. The second-order valence-electron chi connectivity index (χ2n) is 7.77. The van der Waals surface area contributed by atoms with Gasteiger partial charge in [-0.1, -0.05) is 29.2 Å². The number of rotatable bonds is 4. The van der Waals surface area contributed by atoms with Crippen LogP contribution in [0.1, 0.15) is 18.9 Å². The largest absolute Gasteiger partial charge is 0.486 e. The number of allylic oxidation sites excluding steroid dienone is 2.